The number of sulfonamides is 1. The van der Waals surface area contributed by atoms with E-state index in [-0.39, 0.29) is 16.2 Å². The molecule has 2 N–H and O–H groups in total. The van der Waals surface area contributed by atoms with Crippen LogP contribution in [0, 0.1) is 0 Å². The molecule has 2 heterocycles. The van der Waals surface area contributed by atoms with Gasteiger partial charge in [0.15, 0.2) is 0 Å². The predicted octanol–water partition coefficient (Wildman–Crippen LogP) is 3.64. The van der Waals surface area contributed by atoms with Crippen LogP contribution in [-0.2, 0) is 25.0 Å². The van der Waals surface area contributed by atoms with Gasteiger partial charge >= 0.3 is 0 Å². The molecule has 1 aromatic heterocycles. The molecule has 1 atom stereocenters. The minimum absolute atomic E-state index is 0.0276. The van der Waals surface area contributed by atoms with Crippen molar-refractivity contribution in [3.05, 3.63) is 45.7 Å². The van der Waals surface area contributed by atoms with Crippen LogP contribution in [0.3, 0.4) is 0 Å². The Hall–Kier alpha value is -1.42. The van der Waals surface area contributed by atoms with E-state index in [1.807, 2.05) is 12.1 Å². The third-order valence-electron chi connectivity index (χ3n) is 5.20. The summed E-state index contributed by atoms with van der Waals surface area (Å²) in [5, 5.41) is 3.02. The first-order valence-corrected chi connectivity index (χ1v) is 12.3. The smallest absolute Gasteiger partial charge is 0.271 e. The van der Waals surface area contributed by atoms with Crippen molar-refractivity contribution < 1.29 is 17.9 Å². The van der Waals surface area contributed by atoms with Crippen LogP contribution in [0.2, 0.25) is 0 Å². The zero-order valence-corrected chi connectivity index (χ0v) is 18.3. The number of amides is 1. The Morgan fingerprint density at radius 2 is 1.96 bits per heavy atom. The number of thiophene rings is 1. The lowest BCUT2D eigenvalue weighted by molar-refractivity contribution is -0.124. The molecule has 1 aliphatic heterocycles. The topological polar surface area (TPSA) is 84.5 Å². The van der Waals surface area contributed by atoms with Gasteiger partial charge in [0.25, 0.3) is 10.0 Å². The average Bonchev–Trinajstić information content (AvgIpc) is 3.08. The van der Waals surface area contributed by atoms with Crippen molar-refractivity contribution in [3.8, 4) is 0 Å². The van der Waals surface area contributed by atoms with Crippen molar-refractivity contribution >= 4 is 48.9 Å². The summed E-state index contributed by atoms with van der Waals surface area (Å²) in [5.41, 5.74) is 0.900. The summed E-state index contributed by atoms with van der Waals surface area (Å²) >= 11 is 4.43. The first-order valence-electron chi connectivity index (χ1n) is 9.18. The van der Waals surface area contributed by atoms with E-state index in [0.717, 1.165) is 53.0 Å². The van der Waals surface area contributed by atoms with Gasteiger partial charge in [0.05, 0.1) is 15.3 Å². The minimum Gasteiger partial charge on any atom is -0.376 e. The van der Waals surface area contributed by atoms with Crippen molar-refractivity contribution in [2.24, 2.45) is 0 Å². The van der Waals surface area contributed by atoms with Crippen LogP contribution < -0.4 is 10.0 Å². The number of carbonyl (C=O) groups is 1. The van der Waals surface area contributed by atoms with Crippen molar-refractivity contribution in [2.45, 2.75) is 41.4 Å². The number of carbonyl (C=O) groups excluding carboxylic acids is 1. The van der Waals surface area contributed by atoms with E-state index in [2.05, 4.69) is 26.0 Å². The number of halogens is 1. The molecule has 9 heteroatoms. The summed E-state index contributed by atoms with van der Waals surface area (Å²) in [6.07, 6.45) is 3.76. The largest absolute Gasteiger partial charge is 0.376 e. The van der Waals surface area contributed by atoms with E-state index in [9.17, 15) is 13.2 Å². The van der Waals surface area contributed by atoms with Gasteiger partial charge in [0.2, 0.25) is 5.91 Å². The molecule has 2 fully saturated rings. The van der Waals surface area contributed by atoms with E-state index >= 15 is 0 Å². The molecule has 4 rings (SSSR count). The van der Waals surface area contributed by atoms with Crippen LogP contribution in [0.15, 0.2) is 44.4 Å². The lowest BCUT2D eigenvalue weighted by Gasteiger charge is -2.18. The fourth-order valence-corrected chi connectivity index (χ4v) is 6.53. The van der Waals surface area contributed by atoms with Gasteiger partial charge in [-0.25, -0.2) is 8.42 Å². The SMILES string of the molecule is O=C(NC[C@H]1CCCO1)C1(c2ccc(NS(=O)(=O)c3ccc(Br)s3)cc2)CC1. The van der Waals surface area contributed by atoms with Gasteiger partial charge in [0.1, 0.15) is 4.21 Å². The molecule has 0 unspecified atom stereocenters. The van der Waals surface area contributed by atoms with Crippen molar-refractivity contribution in [3.63, 3.8) is 0 Å². The molecular weight excluding hydrogens is 464 g/mol. The van der Waals surface area contributed by atoms with Crippen LogP contribution in [0.1, 0.15) is 31.2 Å². The minimum atomic E-state index is -3.61. The standard InChI is InChI=1S/C19H21BrN2O4S2/c20-16-7-8-17(27-16)28(24,25)22-14-5-3-13(4-6-14)19(9-10-19)18(23)21-12-15-2-1-11-26-15/h3-8,15,22H,1-2,9-12H2,(H,21,23)/t15-/m1/s1. The number of rotatable bonds is 7. The molecule has 1 saturated heterocycles. The average molecular weight is 485 g/mol. The molecule has 1 aliphatic carbocycles. The second-order valence-electron chi connectivity index (χ2n) is 7.17. The van der Waals surface area contributed by atoms with E-state index in [1.54, 1.807) is 24.3 Å². The van der Waals surface area contributed by atoms with Crippen LogP contribution in [0.25, 0.3) is 0 Å². The maximum atomic E-state index is 12.7. The third kappa shape index (κ3) is 4.12. The number of ether oxygens (including phenoxy) is 1. The number of benzene rings is 1. The Labute approximate surface area is 176 Å². The Morgan fingerprint density at radius 1 is 1.21 bits per heavy atom. The Morgan fingerprint density at radius 3 is 2.54 bits per heavy atom. The number of hydrogen-bond acceptors (Lipinski definition) is 5. The maximum absolute atomic E-state index is 12.7. The number of hydrogen-bond donors (Lipinski definition) is 2. The number of nitrogens with one attached hydrogen (secondary N) is 2. The molecule has 0 spiro atoms. The Kier molecular flexibility index (Phi) is 5.52. The second-order valence-corrected chi connectivity index (χ2v) is 11.5. The molecule has 28 heavy (non-hydrogen) atoms. The lowest BCUT2D eigenvalue weighted by Crippen LogP contribution is -2.39. The second kappa shape index (κ2) is 7.78. The van der Waals surface area contributed by atoms with Crippen molar-refractivity contribution in [2.75, 3.05) is 17.9 Å². The van der Waals surface area contributed by atoms with Gasteiger partial charge in [0, 0.05) is 18.8 Å². The van der Waals surface area contributed by atoms with Gasteiger partial charge < -0.3 is 10.1 Å². The zero-order valence-electron chi connectivity index (χ0n) is 15.1. The Balaban J connectivity index is 1.42. The molecule has 2 aromatic rings. The molecule has 6 nitrogen and oxygen atoms in total. The van der Waals surface area contributed by atoms with E-state index in [4.69, 9.17) is 4.74 Å². The maximum Gasteiger partial charge on any atom is 0.271 e. The zero-order chi connectivity index (χ0) is 19.8. The molecule has 2 aliphatic rings. The lowest BCUT2D eigenvalue weighted by atomic mass is 9.94. The first kappa shape index (κ1) is 19.9. The van der Waals surface area contributed by atoms with Crippen LogP contribution in [0.5, 0.6) is 0 Å². The van der Waals surface area contributed by atoms with Gasteiger partial charge in [-0.3, -0.25) is 9.52 Å². The summed E-state index contributed by atoms with van der Waals surface area (Å²) in [5.74, 6) is 0.0276. The van der Waals surface area contributed by atoms with Gasteiger partial charge in [-0.1, -0.05) is 12.1 Å². The summed E-state index contributed by atoms with van der Waals surface area (Å²) in [4.78, 5) is 12.7. The van der Waals surface area contributed by atoms with E-state index < -0.39 is 15.4 Å². The quantitative estimate of drug-likeness (QED) is 0.628. The van der Waals surface area contributed by atoms with Crippen molar-refractivity contribution in [1.29, 1.82) is 0 Å². The van der Waals surface area contributed by atoms with E-state index in [0.29, 0.717) is 12.2 Å². The summed E-state index contributed by atoms with van der Waals surface area (Å²) in [6.45, 7) is 1.32. The fraction of sp³-hybridized carbons (Fsp3) is 0.421. The molecule has 1 saturated carbocycles. The van der Waals surface area contributed by atoms with E-state index in [1.165, 1.54) is 0 Å². The van der Waals surface area contributed by atoms with Crippen LogP contribution in [-0.4, -0.2) is 33.6 Å². The highest BCUT2D eigenvalue weighted by atomic mass is 79.9. The third-order valence-corrected chi connectivity index (χ3v) is 8.70. The summed E-state index contributed by atoms with van der Waals surface area (Å²) in [6, 6.07) is 10.4. The fourth-order valence-electron chi connectivity index (χ4n) is 3.46. The summed E-state index contributed by atoms with van der Waals surface area (Å²) in [7, 11) is -3.61. The molecule has 0 radical (unpaired) electrons. The predicted molar refractivity (Wildman–Crippen MR) is 112 cm³/mol. The monoisotopic (exact) mass is 484 g/mol. The van der Waals surface area contributed by atoms with Crippen LogP contribution in [0.4, 0.5) is 5.69 Å². The van der Waals surface area contributed by atoms with Gasteiger partial charge in [-0.2, -0.15) is 0 Å². The molecular formula is C19H21BrN2O4S2. The Bertz CT molecular complexity index is 962. The highest BCUT2D eigenvalue weighted by molar-refractivity contribution is 9.11. The molecule has 150 valence electrons. The summed E-state index contributed by atoms with van der Waals surface area (Å²) < 4.78 is 34.0. The van der Waals surface area contributed by atoms with Crippen molar-refractivity contribution in [1.82, 2.24) is 5.32 Å². The normalized spacial score (nSPS) is 20.7. The van der Waals surface area contributed by atoms with Gasteiger partial charge in [-0.15, -0.1) is 11.3 Å². The van der Waals surface area contributed by atoms with Gasteiger partial charge in [-0.05, 0) is 71.4 Å². The molecule has 1 amide bonds. The highest BCUT2D eigenvalue weighted by Gasteiger charge is 2.51. The van der Waals surface area contributed by atoms with Crippen LogP contribution >= 0.6 is 27.3 Å². The number of anilines is 1. The molecule has 0 bridgehead atoms. The first-order chi connectivity index (χ1) is 13.4. The molecule has 1 aromatic carbocycles. The highest BCUT2D eigenvalue weighted by Crippen LogP contribution is 2.48.